The van der Waals surface area contributed by atoms with Gasteiger partial charge in [0.2, 0.25) is 0 Å². The Morgan fingerprint density at radius 1 is 1.11 bits per heavy atom. The molecule has 5 rings (SSSR count). The van der Waals surface area contributed by atoms with Crippen molar-refractivity contribution in [2.75, 3.05) is 14.1 Å². The van der Waals surface area contributed by atoms with Gasteiger partial charge in [-0.25, -0.2) is 0 Å². The smallest absolute Gasteiger partial charge is 0.198 e. The van der Waals surface area contributed by atoms with Gasteiger partial charge in [-0.2, -0.15) is 0 Å². The molecular formula is C28H33NO9. The number of benzene rings is 2. The minimum Gasteiger partial charge on any atom is -0.507 e. The summed E-state index contributed by atoms with van der Waals surface area (Å²) < 4.78 is 12.2. The van der Waals surface area contributed by atoms with Crippen LogP contribution in [0.25, 0.3) is 0 Å². The number of aliphatic hydroxyl groups is 3. The van der Waals surface area contributed by atoms with Crippen molar-refractivity contribution in [1.82, 2.24) is 4.90 Å². The van der Waals surface area contributed by atoms with E-state index in [4.69, 9.17) is 9.47 Å². The van der Waals surface area contributed by atoms with E-state index in [1.807, 2.05) is 19.0 Å². The first-order valence-corrected chi connectivity index (χ1v) is 12.8. The number of hydrogen-bond donors (Lipinski definition) is 5. The van der Waals surface area contributed by atoms with Crippen LogP contribution in [0.4, 0.5) is 0 Å². The van der Waals surface area contributed by atoms with Crippen molar-refractivity contribution in [2.24, 2.45) is 0 Å². The van der Waals surface area contributed by atoms with Crippen LogP contribution in [0, 0.1) is 0 Å². The number of ketones is 2. The molecule has 1 saturated heterocycles. The second-order valence-electron chi connectivity index (χ2n) is 10.7. The Bertz CT molecular complexity index is 1310. The summed E-state index contributed by atoms with van der Waals surface area (Å²) in [5.41, 5.74) is -2.15. The maximum atomic E-state index is 13.4. The number of phenols is 2. The molecule has 38 heavy (non-hydrogen) atoms. The highest BCUT2D eigenvalue weighted by Crippen LogP contribution is 2.52. The molecule has 10 heteroatoms. The molecule has 0 aromatic heterocycles. The van der Waals surface area contributed by atoms with E-state index in [0.717, 1.165) is 0 Å². The van der Waals surface area contributed by atoms with Gasteiger partial charge < -0.3 is 39.9 Å². The van der Waals surface area contributed by atoms with Crippen molar-refractivity contribution < 1.29 is 44.6 Å². The third-order valence-electron chi connectivity index (χ3n) is 8.29. The Hall–Kier alpha value is -2.86. The van der Waals surface area contributed by atoms with Gasteiger partial charge in [0.05, 0.1) is 35.0 Å². The summed E-state index contributed by atoms with van der Waals surface area (Å²) in [4.78, 5) is 28.7. The summed E-state index contributed by atoms with van der Waals surface area (Å²) >= 11 is 0. The van der Waals surface area contributed by atoms with E-state index in [0.29, 0.717) is 6.42 Å². The third kappa shape index (κ3) is 3.95. The standard InChI is InChI=1S/C28H33NO9/c1-5-28(36)11-18(38-19-10-16(29(3)4)23(31)12(2)37-19)14-9-15-21(26(34)22(14)27(28)35)24(32)13-7-6-8-17(30)20(13)25(15)33/h6-9,12,16,18-19,23,27,30-31,34-36H,5,10-11H2,1-4H3/t12-,16-,18-,19-,23+,27+,28+/m0/s1. The van der Waals surface area contributed by atoms with E-state index in [1.54, 1.807) is 13.8 Å². The largest absolute Gasteiger partial charge is 0.507 e. The Morgan fingerprint density at radius 3 is 2.45 bits per heavy atom. The normalized spacial score (nSPS) is 32.6. The van der Waals surface area contributed by atoms with E-state index in [9.17, 15) is 35.1 Å². The molecule has 2 aliphatic carbocycles. The zero-order valence-electron chi connectivity index (χ0n) is 21.7. The third-order valence-corrected chi connectivity index (χ3v) is 8.29. The number of fused-ring (bicyclic) bond motifs is 3. The first-order chi connectivity index (χ1) is 17.9. The molecule has 2 aromatic carbocycles. The highest BCUT2D eigenvalue weighted by Gasteiger charge is 2.49. The zero-order chi connectivity index (χ0) is 27.7. The van der Waals surface area contributed by atoms with Crippen molar-refractivity contribution in [3.63, 3.8) is 0 Å². The van der Waals surface area contributed by atoms with Crippen LogP contribution in [-0.2, 0) is 9.47 Å². The molecule has 3 aliphatic rings. The molecule has 0 unspecified atom stereocenters. The molecule has 10 nitrogen and oxygen atoms in total. The van der Waals surface area contributed by atoms with Gasteiger partial charge in [0.1, 0.15) is 17.6 Å². The molecule has 1 aliphatic heterocycles. The molecular weight excluding hydrogens is 494 g/mol. The Labute approximate surface area is 220 Å². The van der Waals surface area contributed by atoms with Gasteiger partial charge in [0.25, 0.3) is 0 Å². The maximum absolute atomic E-state index is 13.4. The molecule has 1 fully saturated rings. The van der Waals surface area contributed by atoms with Gasteiger partial charge in [0.15, 0.2) is 17.9 Å². The number of rotatable bonds is 4. The number of aromatic hydroxyl groups is 2. The zero-order valence-corrected chi connectivity index (χ0v) is 21.7. The van der Waals surface area contributed by atoms with Crippen LogP contribution in [-0.4, -0.2) is 86.2 Å². The van der Waals surface area contributed by atoms with Gasteiger partial charge in [-0.1, -0.05) is 19.1 Å². The number of carbonyl (C=O) groups excluding carboxylic acids is 2. The van der Waals surface area contributed by atoms with Gasteiger partial charge >= 0.3 is 0 Å². The lowest BCUT2D eigenvalue weighted by atomic mass is 9.71. The van der Waals surface area contributed by atoms with Gasteiger partial charge in [-0.15, -0.1) is 0 Å². The fourth-order valence-electron chi connectivity index (χ4n) is 5.99. The van der Waals surface area contributed by atoms with E-state index >= 15 is 0 Å². The fraction of sp³-hybridized carbons (Fsp3) is 0.500. The molecule has 0 spiro atoms. The second kappa shape index (κ2) is 9.41. The first-order valence-electron chi connectivity index (χ1n) is 12.8. The molecule has 0 saturated carbocycles. The monoisotopic (exact) mass is 527 g/mol. The second-order valence-corrected chi connectivity index (χ2v) is 10.7. The fourth-order valence-corrected chi connectivity index (χ4v) is 5.99. The van der Waals surface area contributed by atoms with Crippen LogP contribution in [0.2, 0.25) is 0 Å². The summed E-state index contributed by atoms with van der Waals surface area (Å²) in [6, 6.07) is 5.25. The predicted octanol–water partition coefficient (Wildman–Crippen LogP) is 1.94. The molecule has 1 heterocycles. The van der Waals surface area contributed by atoms with Gasteiger partial charge in [-0.3, -0.25) is 9.59 Å². The van der Waals surface area contributed by atoms with Crippen LogP contribution in [0.1, 0.15) is 88.3 Å². The van der Waals surface area contributed by atoms with Crippen LogP contribution in [0.5, 0.6) is 11.5 Å². The number of phenolic OH excluding ortho intramolecular Hbond substituents is 2. The van der Waals surface area contributed by atoms with Crippen LogP contribution >= 0.6 is 0 Å². The molecule has 2 aromatic rings. The topological polar surface area (TPSA) is 157 Å². The van der Waals surface area contributed by atoms with Crippen molar-refractivity contribution in [3.05, 3.63) is 57.6 Å². The highest BCUT2D eigenvalue weighted by atomic mass is 16.7. The summed E-state index contributed by atoms with van der Waals surface area (Å²) in [6.45, 7) is 3.42. The summed E-state index contributed by atoms with van der Waals surface area (Å²) in [6.07, 6.45) is -4.19. The van der Waals surface area contributed by atoms with Crippen LogP contribution in [0.15, 0.2) is 24.3 Å². The van der Waals surface area contributed by atoms with Gasteiger partial charge in [0, 0.05) is 35.6 Å². The molecule has 0 amide bonds. The molecule has 0 bridgehead atoms. The maximum Gasteiger partial charge on any atom is 0.198 e. The predicted molar refractivity (Wildman–Crippen MR) is 134 cm³/mol. The Morgan fingerprint density at radius 2 is 1.79 bits per heavy atom. The average Bonchev–Trinajstić information content (AvgIpc) is 2.87. The number of carbonyl (C=O) groups is 2. The van der Waals surface area contributed by atoms with E-state index in [-0.39, 0.29) is 58.0 Å². The summed E-state index contributed by atoms with van der Waals surface area (Å²) in [5.74, 6) is -2.27. The highest BCUT2D eigenvalue weighted by molar-refractivity contribution is 6.30. The van der Waals surface area contributed by atoms with E-state index in [1.165, 1.54) is 24.3 Å². The van der Waals surface area contributed by atoms with E-state index < -0.39 is 53.6 Å². The van der Waals surface area contributed by atoms with E-state index in [2.05, 4.69) is 0 Å². The molecule has 0 radical (unpaired) electrons. The SMILES string of the molecule is CC[C@@]1(O)C[C@H](O[C@H]2C[C@H](N(C)C)[C@H](O)[C@H](C)O2)c2cc3c(c(O)c2[C@H]1O)C(=O)c1cccc(O)c1C3=O. The molecule has 7 atom stereocenters. The lowest BCUT2D eigenvalue weighted by molar-refractivity contribution is -0.261. The summed E-state index contributed by atoms with van der Waals surface area (Å²) in [5, 5.41) is 54.8. The Balaban J connectivity index is 1.62. The quantitative estimate of drug-likeness (QED) is 0.340. The number of ether oxygens (including phenoxy) is 2. The minimum absolute atomic E-state index is 0.0560. The molecule has 204 valence electrons. The van der Waals surface area contributed by atoms with Crippen LogP contribution in [0.3, 0.4) is 0 Å². The summed E-state index contributed by atoms with van der Waals surface area (Å²) in [7, 11) is 3.68. The van der Waals surface area contributed by atoms with Crippen molar-refractivity contribution in [2.45, 2.75) is 75.5 Å². The number of hydrogen-bond acceptors (Lipinski definition) is 10. The minimum atomic E-state index is -1.69. The van der Waals surface area contributed by atoms with Crippen molar-refractivity contribution in [1.29, 1.82) is 0 Å². The van der Waals surface area contributed by atoms with Crippen LogP contribution < -0.4 is 0 Å². The average molecular weight is 528 g/mol. The lowest BCUT2D eigenvalue weighted by Gasteiger charge is -2.45. The first kappa shape index (κ1) is 26.7. The lowest BCUT2D eigenvalue weighted by Crippen LogP contribution is -2.54. The number of nitrogens with zero attached hydrogens (tertiary/aromatic N) is 1. The van der Waals surface area contributed by atoms with Crippen molar-refractivity contribution in [3.8, 4) is 11.5 Å². The number of aliphatic hydroxyl groups excluding tert-OH is 2. The molecule has 5 N–H and O–H groups in total. The number of likely N-dealkylation sites (N-methyl/N-ethyl adjacent to an activating group) is 1. The Kier molecular flexibility index (Phi) is 6.62. The van der Waals surface area contributed by atoms with Gasteiger partial charge in [-0.05, 0) is 45.1 Å². The van der Waals surface area contributed by atoms with Crippen molar-refractivity contribution >= 4 is 11.6 Å².